The summed E-state index contributed by atoms with van der Waals surface area (Å²) in [6.07, 6.45) is 0.492. The number of benzene rings is 2. The Labute approximate surface area is 134 Å². The second-order valence-electron chi connectivity index (χ2n) is 6.38. The van der Waals surface area contributed by atoms with E-state index in [-0.39, 0.29) is 17.3 Å². The fourth-order valence-corrected chi connectivity index (χ4v) is 2.87. The number of hydrogen-bond donors (Lipinski definition) is 1. The molecule has 0 heterocycles. The van der Waals surface area contributed by atoms with Gasteiger partial charge < -0.3 is 5.73 Å². The van der Waals surface area contributed by atoms with E-state index < -0.39 is 0 Å². The zero-order chi connectivity index (χ0) is 15.6. The third kappa shape index (κ3) is 3.92. The second kappa shape index (κ2) is 6.29. The molecule has 0 fully saturated rings. The van der Waals surface area contributed by atoms with Gasteiger partial charge in [-0.25, -0.2) is 4.39 Å². The fraction of sp³-hybridized carbons (Fsp3) is 0.333. The van der Waals surface area contributed by atoms with Gasteiger partial charge >= 0.3 is 0 Å². The highest BCUT2D eigenvalue weighted by Gasteiger charge is 2.21. The van der Waals surface area contributed by atoms with Crippen molar-refractivity contribution in [3.8, 4) is 0 Å². The van der Waals surface area contributed by atoms with Crippen molar-refractivity contribution < 1.29 is 4.39 Å². The van der Waals surface area contributed by atoms with E-state index in [9.17, 15) is 4.39 Å². The van der Waals surface area contributed by atoms with Gasteiger partial charge in [-0.2, -0.15) is 0 Å². The first-order valence-electron chi connectivity index (χ1n) is 7.08. The predicted molar refractivity (Wildman–Crippen MR) is 89.9 cm³/mol. The van der Waals surface area contributed by atoms with Crippen LogP contribution in [0.4, 0.5) is 4.39 Å². The lowest BCUT2D eigenvalue weighted by molar-refractivity contribution is 0.560. The Kier molecular flexibility index (Phi) is 4.84. The highest BCUT2D eigenvalue weighted by Crippen LogP contribution is 2.30. The number of halogens is 2. The predicted octanol–water partition coefficient (Wildman–Crippen LogP) is 5.13. The Morgan fingerprint density at radius 3 is 2.43 bits per heavy atom. The Hall–Kier alpha value is -1.19. The molecule has 2 aromatic rings. The molecule has 1 nitrogen and oxygen atoms in total. The standard InChI is InChI=1S/C18H21BrFN/c1-18(2,3)15-7-5-4-6-14(15)17(21)10-12-8-9-13(19)11-16(12)20/h4-9,11,17H,10,21H2,1-3H3. The highest BCUT2D eigenvalue weighted by molar-refractivity contribution is 9.10. The maximum atomic E-state index is 14.0. The van der Waals surface area contributed by atoms with Crippen molar-refractivity contribution >= 4 is 15.9 Å². The molecular weight excluding hydrogens is 329 g/mol. The minimum Gasteiger partial charge on any atom is -0.324 e. The molecule has 2 aromatic carbocycles. The molecule has 0 amide bonds. The maximum Gasteiger partial charge on any atom is 0.127 e. The molecule has 0 aliphatic rings. The average Bonchev–Trinajstić information content (AvgIpc) is 2.41. The highest BCUT2D eigenvalue weighted by atomic mass is 79.9. The first-order chi connectivity index (χ1) is 9.79. The molecule has 0 aromatic heterocycles. The topological polar surface area (TPSA) is 26.0 Å². The summed E-state index contributed by atoms with van der Waals surface area (Å²) in [5.74, 6) is -0.215. The van der Waals surface area contributed by atoms with Crippen molar-refractivity contribution in [2.45, 2.75) is 38.6 Å². The normalized spacial score (nSPS) is 13.2. The largest absolute Gasteiger partial charge is 0.324 e. The molecule has 21 heavy (non-hydrogen) atoms. The summed E-state index contributed by atoms with van der Waals surface area (Å²) in [5.41, 5.74) is 9.33. The zero-order valence-electron chi connectivity index (χ0n) is 12.7. The summed E-state index contributed by atoms with van der Waals surface area (Å²) < 4.78 is 14.7. The van der Waals surface area contributed by atoms with E-state index in [1.165, 1.54) is 11.6 Å². The molecule has 3 heteroatoms. The van der Waals surface area contributed by atoms with Gasteiger partial charge in [-0.1, -0.05) is 67.0 Å². The van der Waals surface area contributed by atoms with Crippen molar-refractivity contribution in [1.82, 2.24) is 0 Å². The van der Waals surface area contributed by atoms with Gasteiger partial charge in [0.25, 0.3) is 0 Å². The van der Waals surface area contributed by atoms with Crippen LogP contribution in [0.3, 0.4) is 0 Å². The maximum absolute atomic E-state index is 14.0. The molecule has 0 bridgehead atoms. The molecule has 112 valence electrons. The van der Waals surface area contributed by atoms with Crippen LogP contribution in [0, 0.1) is 5.82 Å². The van der Waals surface area contributed by atoms with Gasteiger partial charge in [-0.15, -0.1) is 0 Å². The lowest BCUT2D eigenvalue weighted by Crippen LogP contribution is -2.21. The molecule has 1 unspecified atom stereocenters. The lowest BCUT2D eigenvalue weighted by atomic mass is 9.81. The molecule has 2 N–H and O–H groups in total. The van der Waals surface area contributed by atoms with Crippen LogP contribution in [0.25, 0.3) is 0 Å². The Balaban J connectivity index is 2.31. The van der Waals surface area contributed by atoms with Gasteiger partial charge in [-0.3, -0.25) is 0 Å². The van der Waals surface area contributed by atoms with E-state index in [2.05, 4.69) is 42.8 Å². The summed E-state index contributed by atoms with van der Waals surface area (Å²) in [7, 11) is 0. The minimum absolute atomic E-state index is 0.0203. The van der Waals surface area contributed by atoms with E-state index in [4.69, 9.17) is 5.73 Å². The van der Waals surface area contributed by atoms with Crippen LogP contribution in [-0.4, -0.2) is 0 Å². The second-order valence-corrected chi connectivity index (χ2v) is 7.30. The summed E-state index contributed by atoms with van der Waals surface area (Å²) in [6, 6.07) is 13.1. The SMILES string of the molecule is CC(C)(C)c1ccccc1C(N)Cc1ccc(Br)cc1F. The monoisotopic (exact) mass is 349 g/mol. The third-order valence-electron chi connectivity index (χ3n) is 3.62. The summed E-state index contributed by atoms with van der Waals surface area (Å²) in [6.45, 7) is 6.50. The van der Waals surface area contributed by atoms with E-state index in [0.717, 1.165) is 10.0 Å². The third-order valence-corrected chi connectivity index (χ3v) is 4.12. The van der Waals surface area contributed by atoms with Gasteiger partial charge in [0, 0.05) is 10.5 Å². The van der Waals surface area contributed by atoms with Crippen molar-refractivity contribution in [1.29, 1.82) is 0 Å². The molecule has 0 radical (unpaired) electrons. The molecule has 0 aliphatic carbocycles. The van der Waals surface area contributed by atoms with Crippen LogP contribution >= 0.6 is 15.9 Å². The van der Waals surface area contributed by atoms with Gasteiger partial charge in [0.05, 0.1) is 0 Å². The van der Waals surface area contributed by atoms with Gasteiger partial charge in [0.1, 0.15) is 5.82 Å². The van der Waals surface area contributed by atoms with Crippen molar-refractivity contribution in [2.75, 3.05) is 0 Å². The molecule has 0 saturated carbocycles. The van der Waals surface area contributed by atoms with Crippen molar-refractivity contribution in [3.63, 3.8) is 0 Å². The first-order valence-corrected chi connectivity index (χ1v) is 7.87. The minimum atomic E-state index is -0.215. The smallest absolute Gasteiger partial charge is 0.127 e. The van der Waals surface area contributed by atoms with Crippen LogP contribution in [0.1, 0.15) is 43.5 Å². The van der Waals surface area contributed by atoms with E-state index in [0.29, 0.717) is 12.0 Å². The summed E-state index contributed by atoms with van der Waals surface area (Å²) in [5, 5.41) is 0. The summed E-state index contributed by atoms with van der Waals surface area (Å²) in [4.78, 5) is 0. The first kappa shape index (κ1) is 16.2. The molecule has 2 rings (SSSR count). The van der Waals surface area contributed by atoms with E-state index >= 15 is 0 Å². The fourth-order valence-electron chi connectivity index (χ4n) is 2.54. The van der Waals surface area contributed by atoms with E-state index in [1.807, 2.05) is 24.3 Å². The molecule has 0 aliphatic heterocycles. The quantitative estimate of drug-likeness (QED) is 0.816. The van der Waals surface area contributed by atoms with E-state index in [1.54, 1.807) is 6.07 Å². The lowest BCUT2D eigenvalue weighted by Gasteiger charge is -2.26. The summed E-state index contributed by atoms with van der Waals surface area (Å²) >= 11 is 3.27. The van der Waals surface area contributed by atoms with Crippen LogP contribution in [0.5, 0.6) is 0 Å². The van der Waals surface area contributed by atoms with Crippen molar-refractivity contribution in [2.24, 2.45) is 5.73 Å². The van der Waals surface area contributed by atoms with Crippen LogP contribution < -0.4 is 5.73 Å². The van der Waals surface area contributed by atoms with Crippen LogP contribution in [-0.2, 0) is 11.8 Å². The molecule has 0 spiro atoms. The number of rotatable bonds is 3. The Morgan fingerprint density at radius 1 is 1.14 bits per heavy atom. The van der Waals surface area contributed by atoms with Crippen LogP contribution in [0.2, 0.25) is 0 Å². The van der Waals surface area contributed by atoms with Gasteiger partial charge in [0.15, 0.2) is 0 Å². The van der Waals surface area contributed by atoms with Crippen LogP contribution in [0.15, 0.2) is 46.9 Å². The molecular formula is C18H21BrFN. The van der Waals surface area contributed by atoms with Gasteiger partial charge in [-0.05, 0) is 40.7 Å². The number of hydrogen-bond acceptors (Lipinski definition) is 1. The number of nitrogens with two attached hydrogens (primary N) is 1. The Morgan fingerprint density at radius 2 is 1.81 bits per heavy atom. The zero-order valence-corrected chi connectivity index (χ0v) is 14.2. The average molecular weight is 350 g/mol. The van der Waals surface area contributed by atoms with Crippen molar-refractivity contribution in [3.05, 3.63) is 69.4 Å². The van der Waals surface area contributed by atoms with Gasteiger partial charge in [0.2, 0.25) is 0 Å². The molecule has 0 saturated heterocycles. The molecule has 1 atom stereocenters. The Bertz CT molecular complexity index is 631.